The average Bonchev–Trinajstić information content (AvgIpc) is 2.33. The van der Waals surface area contributed by atoms with Gasteiger partial charge < -0.3 is 14.7 Å². The highest BCUT2D eigenvalue weighted by Gasteiger charge is 2.12. The first kappa shape index (κ1) is 15.4. The minimum Gasteiger partial charge on any atom is -0.480 e. The molecule has 3 N–H and O–H groups in total. The first-order valence-corrected chi connectivity index (χ1v) is 6.98. The molecule has 0 amide bonds. The summed E-state index contributed by atoms with van der Waals surface area (Å²) in [5, 5.41) is 13.8. The Morgan fingerprint density at radius 3 is 2.37 bits per heavy atom. The van der Waals surface area contributed by atoms with Gasteiger partial charge >= 0.3 is 5.97 Å². The van der Waals surface area contributed by atoms with Gasteiger partial charge in [-0.2, -0.15) is 0 Å². The monoisotopic (exact) mass is 288 g/mol. The van der Waals surface area contributed by atoms with Crippen LogP contribution in [0.4, 0.5) is 5.69 Å². The molecule has 0 aliphatic rings. The summed E-state index contributed by atoms with van der Waals surface area (Å²) < 4.78 is 27.1. The maximum atomic E-state index is 11.1. The molecule has 0 heterocycles. The van der Waals surface area contributed by atoms with E-state index in [-0.39, 0.29) is 11.4 Å². The number of carboxylic acids is 1. The third-order valence-corrected chi connectivity index (χ3v) is 3.35. The molecule has 0 spiro atoms. The quantitative estimate of drug-likeness (QED) is 0.723. The van der Waals surface area contributed by atoms with Crippen LogP contribution in [0.15, 0.2) is 29.2 Å². The highest BCUT2D eigenvalue weighted by atomic mass is 32.2. The number of rotatable bonds is 7. The predicted octanol–water partition coefficient (Wildman–Crippen LogP) is -0.129. The van der Waals surface area contributed by atoms with Crippen molar-refractivity contribution < 1.29 is 23.1 Å². The average molecular weight is 288 g/mol. The molecular weight excluding hydrogens is 272 g/mol. The molecule has 0 saturated heterocycles. The van der Waals surface area contributed by atoms with Gasteiger partial charge in [-0.3, -0.25) is 4.79 Å². The van der Waals surface area contributed by atoms with E-state index in [1.165, 1.54) is 31.4 Å². The van der Waals surface area contributed by atoms with Crippen LogP contribution in [0.25, 0.3) is 0 Å². The van der Waals surface area contributed by atoms with E-state index in [1.807, 2.05) is 0 Å². The third-order valence-electron chi connectivity index (χ3n) is 2.42. The molecule has 0 atom stereocenters. The minimum absolute atomic E-state index is 0.0155. The molecule has 0 aliphatic heterocycles. The molecule has 0 fully saturated rings. The molecule has 19 heavy (non-hydrogen) atoms. The molecule has 1 rings (SSSR count). The van der Waals surface area contributed by atoms with Crippen LogP contribution in [0.3, 0.4) is 0 Å². The van der Waals surface area contributed by atoms with Crippen molar-refractivity contribution >= 4 is 21.7 Å². The molecule has 1 aromatic carbocycles. The van der Waals surface area contributed by atoms with Gasteiger partial charge in [0.2, 0.25) is 10.0 Å². The summed E-state index contributed by atoms with van der Waals surface area (Å²) in [7, 11) is -2.23. The van der Waals surface area contributed by atoms with Crippen LogP contribution in [0.5, 0.6) is 0 Å². The SMILES string of the molecule is COCCN(CC(=O)O)c1ccc(S(N)(=O)=O)cc1. The summed E-state index contributed by atoms with van der Waals surface area (Å²) in [6.07, 6.45) is 0. The number of carboxylic acid groups (broad SMARTS) is 1. The zero-order valence-electron chi connectivity index (χ0n) is 10.4. The fraction of sp³-hybridized carbons (Fsp3) is 0.364. The van der Waals surface area contributed by atoms with Crippen molar-refractivity contribution in [3.8, 4) is 0 Å². The Morgan fingerprint density at radius 1 is 1.37 bits per heavy atom. The van der Waals surface area contributed by atoms with Crippen molar-refractivity contribution in [2.45, 2.75) is 4.90 Å². The number of hydrogen-bond acceptors (Lipinski definition) is 5. The molecular formula is C11H16N2O5S. The predicted molar refractivity (Wildman–Crippen MR) is 69.5 cm³/mol. The topological polar surface area (TPSA) is 110 Å². The second-order valence-corrected chi connectivity index (χ2v) is 5.41. The van der Waals surface area contributed by atoms with E-state index in [1.54, 1.807) is 4.90 Å². The third kappa shape index (κ3) is 4.86. The summed E-state index contributed by atoms with van der Waals surface area (Å²) >= 11 is 0. The number of primary sulfonamides is 1. The molecule has 0 unspecified atom stereocenters. The fourth-order valence-corrected chi connectivity index (χ4v) is 2.03. The van der Waals surface area contributed by atoms with Crippen molar-refractivity contribution in [3.63, 3.8) is 0 Å². The van der Waals surface area contributed by atoms with E-state index in [0.29, 0.717) is 18.8 Å². The molecule has 0 aromatic heterocycles. The van der Waals surface area contributed by atoms with E-state index < -0.39 is 16.0 Å². The summed E-state index contributed by atoms with van der Waals surface area (Å²) in [6, 6.07) is 5.70. The Bertz CT molecular complexity index is 527. The lowest BCUT2D eigenvalue weighted by Crippen LogP contribution is -2.32. The van der Waals surface area contributed by atoms with Gasteiger partial charge in [0.25, 0.3) is 0 Å². The smallest absolute Gasteiger partial charge is 0.323 e. The van der Waals surface area contributed by atoms with Crippen molar-refractivity contribution in [2.75, 3.05) is 31.7 Å². The van der Waals surface area contributed by atoms with Crippen LogP contribution in [-0.2, 0) is 19.6 Å². The number of benzene rings is 1. The first-order valence-electron chi connectivity index (χ1n) is 5.43. The van der Waals surface area contributed by atoms with Gasteiger partial charge in [0.15, 0.2) is 0 Å². The Labute approximate surface area is 111 Å². The molecule has 1 aromatic rings. The zero-order valence-corrected chi connectivity index (χ0v) is 11.3. The fourth-order valence-electron chi connectivity index (χ4n) is 1.51. The second-order valence-electron chi connectivity index (χ2n) is 3.85. The van der Waals surface area contributed by atoms with Gasteiger partial charge in [0.05, 0.1) is 11.5 Å². The van der Waals surface area contributed by atoms with Crippen LogP contribution in [0.1, 0.15) is 0 Å². The second kappa shape index (κ2) is 6.50. The zero-order chi connectivity index (χ0) is 14.5. The number of nitrogens with two attached hydrogens (primary N) is 1. The summed E-state index contributed by atoms with van der Waals surface area (Å²) in [5.41, 5.74) is 0.590. The van der Waals surface area contributed by atoms with Crippen LogP contribution >= 0.6 is 0 Å². The number of hydrogen-bond donors (Lipinski definition) is 2. The number of methoxy groups -OCH3 is 1. The minimum atomic E-state index is -3.74. The van der Waals surface area contributed by atoms with Crippen LogP contribution in [0.2, 0.25) is 0 Å². The molecule has 0 aliphatic carbocycles. The lowest BCUT2D eigenvalue weighted by atomic mass is 10.3. The van der Waals surface area contributed by atoms with E-state index >= 15 is 0 Å². The Kier molecular flexibility index (Phi) is 5.28. The van der Waals surface area contributed by atoms with Gasteiger partial charge in [0.1, 0.15) is 6.54 Å². The maximum absolute atomic E-state index is 11.1. The van der Waals surface area contributed by atoms with Gasteiger partial charge in [-0.15, -0.1) is 0 Å². The van der Waals surface area contributed by atoms with Crippen molar-refractivity contribution in [2.24, 2.45) is 5.14 Å². The summed E-state index contributed by atoms with van der Waals surface area (Å²) in [6.45, 7) is 0.555. The molecule has 7 nitrogen and oxygen atoms in total. The number of anilines is 1. The summed E-state index contributed by atoms with van der Waals surface area (Å²) in [4.78, 5) is 12.3. The standard InChI is InChI=1S/C11H16N2O5S/c1-18-7-6-13(8-11(14)15)9-2-4-10(5-3-9)19(12,16)17/h2-5H,6-8H2,1H3,(H,14,15)(H2,12,16,17). The number of sulfonamides is 1. The molecule has 0 bridgehead atoms. The van der Waals surface area contributed by atoms with Gasteiger partial charge in [0, 0.05) is 19.3 Å². The van der Waals surface area contributed by atoms with Gasteiger partial charge in [-0.1, -0.05) is 0 Å². The highest BCUT2D eigenvalue weighted by molar-refractivity contribution is 7.89. The van der Waals surface area contributed by atoms with Gasteiger partial charge in [-0.25, -0.2) is 13.6 Å². The van der Waals surface area contributed by atoms with Crippen LogP contribution in [0, 0.1) is 0 Å². The van der Waals surface area contributed by atoms with Crippen molar-refractivity contribution in [1.82, 2.24) is 0 Å². The molecule has 8 heteroatoms. The molecule has 0 saturated carbocycles. The normalized spacial score (nSPS) is 11.3. The molecule has 0 radical (unpaired) electrons. The van der Waals surface area contributed by atoms with E-state index in [0.717, 1.165) is 0 Å². The van der Waals surface area contributed by atoms with E-state index in [4.69, 9.17) is 15.0 Å². The Morgan fingerprint density at radius 2 is 1.95 bits per heavy atom. The number of aliphatic carboxylic acids is 1. The summed E-state index contributed by atoms with van der Waals surface area (Å²) in [5.74, 6) is -0.980. The maximum Gasteiger partial charge on any atom is 0.323 e. The molecule has 106 valence electrons. The van der Waals surface area contributed by atoms with Crippen molar-refractivity contribution in [3.05, 3.63) is 24.3 Å². The number of ether oxygens (including phenoxy) is 1. The van der Waals surface area contributed by atoms with Crippen molar-refractivity contribution in [1.29, 1.82) is 0 Å². The largest absolute Gasteiger partial charge is 0.480 e. The first-order chi connectivity index (χ1) is 8.84. The lowest BCUT2D eigenvalue weighted by Gasteiger charge is -2.22. The Hall–Kier alpha value is -1.64. The lowest BCUT2D eigenvalue weighted by molar-refractivity contribution is -0.135. The van der Waals surface area contributed by atoms with Crippen LogP contribution < -0.4 is 10.0 Å². The van der Waals surface area contributed by atoms with Crippen LogP contribution in [-0.4, -0.2) is 46.3 Å². The highest BCUT2D eigenvalue weighted by Crippen LogP contribution is 2.17. The van der Waals surface area contributed by atoms with E-state index in [9.17, 15) is 13.2 Å². The number of nitrogens with zero attached hydrogens (tertiary/aromatic N) is 1. The van der Waals surface area contributed by atoms with E-state index in [2.05, 4.69) is 0 Å². The number of carbonyl (C=O) groups is 1. The Balaban J connectivity index is 2.93. The van der Waals surface area contributed by atoms with Gasteiger partial charge in [-0.05, 0) is 24.3 Å².